The van der Waals surface area contributed by atoms with Crippen LogP contribution in [0.3, 0.4) is 0 Å². The summed E-state index contributed by atoms with van der Waals surface area (Å²) in [5, 5.41) is 3.57. The van der Waals surface area contributed by atoms with Crippen LogP contribution in [-0.4, -0.2) is 24.3 Å². The average molecular weight is 241 g/mol. The zero-order chi connectivity index (χ0) is 12.8. The third kappa shape index (κ3) is 5.87. The molecule has 2 nitrogen and oxygen atoms in total. The van der Waals surface area contributed by atoms with E-state index in [0.29, 0.717) is 0 Å². The molecular formula is C15H31NO. The van der Waals surface area contributed by atoms with Crippen molar-refractivity contribution >= 4 is 0 Å². The maximum Gasteiger partial charge on any atom is 0.0694 e. The number of rotatable bonds is 8. The van der Waals surface area contributed by atoms with E-state index in [1.165, 1.54) is 44.9 Å². The summed E-state index contributed by atoms with van der Waals surface area (Å²) in [6.07, 6.45) is 8.87. The molecule has 0 aromatic carbocycles. The van der Waals surface area contributed by atoms with Gasteiger partial charge in [-0.3, -0.25) is 0 Å². The SMILES string of the molecule is CCCCCOC1(CCNC(C)(C)C)CCC1. The van der Waals surface area contributed by atoms with Gasteiger partial charge in [0, 0.05) is 12.1 Å². The highest BCUT2D eigenvalue weighted by Crippen LogP contribution is 2.38. The standard InChI is InChI=1S/C15H31NO/c1-5-6-7-13-17-15(9-8-10-15)11-12-16-14(2,3)4/h16H,5-13H2,1-4H3. The molecule has 0 bridgehead atoms. The lowest BCUT2D eigenvalue weighted by Crippen LogP contribution is -2.45. The van der Waals surface area contributed by atoms with Crippen molar-refractivity contribution in [1.82, 2.24) is 5.32 Å². The highest BCUT2D eigenvalue weighted by atomic mass is 16.5. The highest BCUT2D eigenvalue weighted by molar-refractivity contribution is 4.91. The first-order chi connectivity index (χ1) is 7.97. The van der Waals surface area contributed by atoms with Gasteiger partial charge in [-0.25, -0.2) is 0 Å². The van der Waals surface area contributed by atoms with Crippen LogP contribution in [0, 0.1) is 0 Å². The van der Waals surface area contributed by atoms with Gasteiger partial charge in [0.1, 0.15) is 0 Å². The van der Waals surface area contributed by atoms with Gasteiger partial charge < -0.3 is 10.1 Å². The van der Waals surface area contributed by atoms with E-state index in [2.05, 4.69) is 33.0 Å². The molecule has 17 heavy (non-hydrogen) atoms. The zero-order valence-corrected chi connectivity index (χ0v) is 12.3. The Morgan fingerprint density at radius 1 is 1.18 bits per heavy atom. The van der Waals surface area contributed by atoms with Crippen molar-refractivity contribution in [3.8, 4) is 0 Å². The van der Waals surface area contributed by atoms with Crippen LogP contribution in [0.1, 0.15) is 72.6 Å². The van der Waals surface area contributed by atoms with Crippen LogP contribution in [0.5, 0.6) is 0 Å². The lowest BCUT2D eigenvalue weighted by Gasteiger charge is -2.42. The van der Waals surface area contributed by atoms with Gasteiger partial charge in [-0.2, -0.15) is 0 Å². The molecule has 0 unspecified atom stereocenters. The maximum absolute atomic E-state index is 6.14. The molecule has 0 spiro atoms. The maximum atomic E-state index is 6.14. The number of hydrogen-bond acceptors (Lipinski definition) is 2. The number of nitrogens with one attached hydrogen (secondary N) is 1. The summed E-state index contributed by atoms with van der Waals surface area (Å²) >= 11 is 0. The Kier molecular flexibility index (Phi) is 5.94. The van der Waals surface area contributed by atoms with E-state index in [1.807, 2.05) is 0 Å². The number of unbranched alkanes of at least 4 members (excludes halogenated alkanes) is 2. The van der Waals surface area contributed by atoms with E-state index in [-0.39, 0.29) is 11.1 Å². The van der Waals surface area contributed by atoms with Crippen LogP contribution < -0.4 is 5.32 Å². The van der Waals surface area contributed by atoms with E-state index in [1.54, 1.807) is 0 Å². The minimum Gasteiger partial charge on any atom is -0.375 e. The molecule has 1 rings (SSSR count). The third-order valence-corrected chi connectivity index (χ3v) is 3.66. The van der Waals surface area contributed by atoms with E-state index in [0.717, 1.165) is 13.2 Å². The molecule has 1 aliphatic rings. The van der Waals surface area contributed by atoms with Gasteiger partial charge in [-0.15, -0.1) is 0 Å². The summed E-state index contributed by atoms with van der Waals surface area (Å²) in [6, 6.07) is 0. The number of hydrogen-bond donors (Lipinski definition) is 1. The molecule has 0 aromatic heterocycles. The molecule has 1 aliphatic carbocycles. The summed E-state index contributed by atoms with van der Waals surface area (Å²) in [6.45, 7) is 11.0. The first kappa shape index (κ1) is 15.0. The van der Waals surface area contributed by atoms with E-state index < -0.39 is 0 Å². The second-order valence-electron chi connectivity index (χ2n) is 6.52. The van der Waals surface area contributed by atoms with Crippen molar-refractivity contribution in [3.05, 3.63) is 0 Å². The van der Waals surface area contributed by atoms with Gasteiger partial charge in [-0.1, -0.05) is 19.8 Å². The van der Waals surface area contributed by atoms with E-state index >= 15 is 0 Å². The van der Waals surface area contributed by atoms with Crippen molar-refractivity contribution < 1.29 is 4.74 Å². The van der Waals surface area contributed by atoms with E-state index in [4.69, 9.17) is 4.74 Å². The molecule has 0 amide bonds. The van der Waals surface area contributed by atoms with Crippen LogP contribution in [0.2, 0.25) is 0 Å². The summed E-state index contributed by atoms with van der Waals surface area (Å²) < 4.78 is 6.14. The average Bonchev–Trinajstić information content (AvgIpc) is 2.17. The summed E-state index contributed by atoms with van der Waals surface area (Å²) in [5.41, 5.74) is 0.457. The van der Waals surface area contributed by atoms with Crippen molar-refractivity contribution in [2.45, 2.75) is 83.8 Å². The Morgan fingerprint density at radius 3 is 2.35 bits per heavy atom. The molecule has 0 atom stereocenters. The predicted octanol–water partition coefficient (Wildman–Crippen LogP) is 3.89. The van der Waals surface area contributed by atoms with Gasteiger partial charge in [0.05, 0.1) is 5.60 Å². The van der Waals surface area contributed by atoms with E-state index in [9.17, 15) is 0 Å². The summed E-state index contributed by atoms with van der Waals surface area (Å²) in [4.78, 5) is 0. The monoisotopic (exact) mass is 241 g/mol. The molecule has 0 heterocycles. The highest BCUT2D eigenvalue weighted by Gasteiger charge is 2.37. The van der Waals surface area contributed by atoms with Crippen molar-refractivity contribution in [1.29, 1.82) is 0 Å². The Bertz CT molecular complexity index is 203. The smallest absolute Gasteiger partial charge is 0.0694 e. The predicted molar refractivity (Wildman–Crippen MR) is 74.4 cm³/mol. The number of ether oxygens (including phenoxy) is 1. The largest absolute Gasteiger partial charge is 0.375 e. The lowest BCUT2D eigenvalue weighted by molar-refractivity contribution is -0.105. The normalized spacial score (nSPS) is 19.1. The fourth-order valence-corrected chi connectivity index (χ4v) is 2.34. The van der Waals surface area contributed by atoms with Crippen LogP contribution in [0.15, 0.2) is 0 Å². The Hall–Kier alpha value is -0.0800. The van der Waals surface area contributed by atoms with Crippen LogP contribution >= 0.6 is 0 Å². The third-order valence-electron chi connectivity index (χ3n) is 3.66. The molecule has 0 radical (unpaired) electrons. The Balaban J connectivity index is 2.17. The molecular weight excluding hydrogens is 210 g/mol. The van der Waals surface area contributed by atoms with Crippen molar-refractivity contribution in [3.63, 3.8) is 0 Å². The second-order valence-corrected chi connectivity index (χ2v) is 6.52. The van der Waals surface area contributed by atoms with Gasteiger partial charge in [0.15, 0.2) is 0 Å². The quantitative estimate of drug-likeness (QED) is 0.651. The van der Waals surface area contributed by atoms with Gasteiger partial charge >= 0.3 is 0 Å². The molecule has 1 fully saturated rings. The summed E-state index contributed by atoms with van der Waals surface area (Å²) in [5.74, 6) is 0. The van der Waals surface area contributed by atoms with Crippen LogP contribution in [0.25, 0.3) is 0 Å². The topological polar surface area (TPSA) is 21.3 Å². The molecule has 1 N–H and O–H groups in total. The van der Waals surface area contributed by atoms with Crippen LogP contribution in [0.4, 0.5) is 0 Å². The Morgan fingerprint density at radius 2 is 1.88 bits per heavy atom. The minimum absolute atomic E-state index is 0.228. The fourth-order valence-electron chi connectivity index (χ4n) is 2.34. The summed E-state index contributed by atoms with van der Waals surface area (Å²) in [7, 11) is 0. The molecule has 0 saturated heterocycles. The van der Waals surface area contributed by atoms with Gasteiger partial charge in [0.25, 0.3) is 0 Å². The molecule has 102 valence electrons. The molecule has 0 aromatic rings. The minimum atomic E-state index is 0.228. The fraction of sp³-hybridized carbons (Fsp3) is 1.00. The zero-order valence-electron chi connectivity index (χ0n) is 12.3. The first-order valence-corrected chi connectivity index (χ1v) is 7.36. The first-order valence-electron chi connectivity index (χ1n) is 7.36. The van der Waals surface area contributed by atoms with Gasteiger partial charge in [-0.05, 0) is 59.4 Å². The van der Waals surface area contributed by atoms with Crippen molar-refractivity contribution in [2.24, 2.45) is 0 Å². The lowest BCUT2D eigenvalue weighted by atomic mass is 9.77. The molecule has 2 heteroatoms. The molecule has 1 saturated carbocycles. The van der Waals surface area contributed by atoms with Crippen molar-refractivity contribution in [2.75, 3.05) is 13.2 Å². The Labute approximate surface area is 108 Å². The molecule has 0 aliphatic heterocycles. The van der Waals surface area contributed by atoms with Crippen LogP contribution in [-0.2, 0) is 4.74 Å². The van der Waals surface area contributed by atoms with Gasteiger partial charge in [0.2, 0.25) is 0 Å². The second kappa shape index (κ2) is 6.75.